The molecular formula is C9H5F2NO. The lowest BCUT2D eigenvalue weighted by Crippen LogP contribution is -2.08. The van der Waals surface area contributed by atoms with Gasteiger partial charge in [0.25, 0.3) is 5.91 Å². The van der Waals surface area contributed by atoms with E-state index < -0.39 is 17.5 Å². The molecule has 0 bridgehead atoms. The summed E-state index contributed by atoms with van der Waals surface area (Å²) < 4.78 is 25.1. The molecule has 0 saturated carbocycles. The number of halogens is 2. The molecule has 1 N–H and O–H groups in total. The number of carbonyl (C=O) groups excluding carboxylic acids is 1. The summed E-state index contributed by atoms with van der Waals surface area (Å²) in [4.78, 5) is 10.6. The molecule has 0 saturated heterocycles. The van der Waals surface area contributed by atoms with Crippen LogP contribution in [0.1, 0.15) is 0 Å². The fraction of sp³-hybridized carbons (Fsp3) is 0. The summed E-state index contributed by atoms with van der Waals surface area (Å²) in [6, 6.07) is 2.64. The molecule has 66 valence electrons. The molecule has 0 aliphatic carbocycles. The van der Waals surface area contributed by atoms with Crippen LogP contribution in [0.5, 0.6) is 0 Å². The second-order valence-corrected chi connectivity index (χ2v) is 2.26. The van der Waals surface area contributed by atoms with Gasteiger partial charge in [-0.1, -0.05) is 0 Å². The third-order valence-corrected chi connectivity index (χ3v) is 1.25. The molecule has 4 heteroatoms. The normalized spacial score (nSPS) is 9.00. The first kappa shape index (κ1) is 9.20. The van der Waals surface area contributed by atoms with Crippen molar-refractivity contribution in [3.05, 3.63) is 29.8 Å². The van der Waals surface area contributed by atoms with Crippen molar-refractivity contribution in [2.45, 2.75) is 0 Å². The SMILES string of the molecule is C#CC(=O)Nc1cc(F)cc(F)c1. The van der Waals surface area contributed by atoms with Crippen molar-refractivity contribution < 1.29 is 13.6 Å². The zero-order chi connectivity index (χ0) is 9.84. The Morgan fingerprint density at radius 3 is 2.31 bits per heavy atom. The number of hydrogen-bond donors (Lipinski definition) is 1. The number of rotatable bonds is 1. The molecule has 1 rings (SSSR count). The standard InChI is InChI=1S/C9H5F2NO/c1-2-9(13)12-8-4-6(10)3-7(11)5-8/h1,3-5H,(H,12,13). The monoisotopic (exact) mass is 181 g/mol. The smallest absolute Gasteiger partial charge is 0.300 e. The van der Waals surface area contributed by atoms with Crippen LogP contribution >= 0.6 is 0 Å². The minimum absolute atomic E-state index is 0.000417. The second kappa shape index (κ2) is 3.68. The van der Waals surface area contributed by atoms with Crippen LogP contribution in [0.2, 0.25) is 0 Å². The average molecular weight is 181 g/mol. The maximum Gasteiger partial charge on any atom is 0.300 e. The third kappa shape index (κ3) is 2.56. The molecule has 0 aliphatic heterocycles. The Bertz CT molecular complexity index is 361. The topological polar surface area (TPSA) is 29.1 Å². The maximum absolute atomic E-state index is 12.5. The minimum atomic E-state index is -0.771. The van der Waals surface area contributed by atoms with Crippen LogP contribution in [0.25, 0.3) is 0 Å². The highest BCUT2D eigenvalue weighted by Crippen LogP contribution is 2.12. The van der Waals surface area contributed by atoms with Crippen LogP contribution in [0.15, 0.2) is 18.2 Å². The van der Waals surface area contributed by atoms with E-state index in [9.17, 15) is 13.6 Å². The third-order valence-electron chi connectivity index (χ3n) is 1.25. The Morgan fingerprint density at radius 2 is 1.85 bits per heavy atom. The van der Waals surface area contributed by atoms with E-state index in [1.165, 1.54) is 0 Å². The van der Waals surface area contributed by atoms with E-state index in [1.54, 1.807) is 5.92 Å². The van der Waals surface area contributed by atoms with Gasteiger partial charge in [-0.25, -0.2) is 8.78 Å². The zero-order valence-electron chi connectivity index (χ0n) is 6.47. The molecule has 0 aromatic heterocycles. The highest BCUT2D eigenvalue weighted by atomic mass is 19.1. The van der Waals surface area contributed by atoms with E-state index in [0.29, 0.717) is 6.07 Å². The summed E-state index contributed by atoms with van der Waals surface area (Å²) in [5.41, 5.74) is 0.000417. The molecule has 1 aromatic carbocycles. The molecular weight excluding hydrogens is 176 g/mol. The number of benzene rings is 1. The first-order valence-corrected chi connectivity index (χ1v) is 3.35. The Morgan fingerprint density at radius 1 is 1.31 bits per heavy atom. The largest absolute Gasteiger partial charge is 0.315 e. The zero-order valence-corrected chi connectivity index (χ0v) is 6.47. The Balaban J connectivity index is 2.91. The number of terminal acetylenes is 1. The maximum atomic E-state index is 12.5. The van der Waals surface area contributed by atoms with Gasteiger partial charge in [-0.2, -0.15) is 0 Å². The van der Waals surface area contributed by atoms with Crippen molar-refractivity contribution in [1.82, 2.24) is 0 Å². The van der Waals surface area contributed by atoms with Crippen LogP contribution < -0.4 is 5.32 Å². The van der Waals surface area contributed by atoms with E-state index >= 15 is 0 Å². The van der Waals surface area contributed by atoms with Crippen LogP contribution in [0.3, 0.4) is 0 Å². The quantitative estimate of drug-likeness (QED) is 0.654. The number of anilines is 1. The predicted octanol–water partition coefficient (Wildman–Crippen LogP) is 1.54. The highest BCUT2D eigenvalue weighted by molar-refractivity contribution is 6.03. The van der Waals surface area contributed by atoms with Crippen molar-refractivity contribution in [1.29, 1.82) is 0 Å². The van der Waals surface area contributed by atoms with Gasteiger partial charge < -0.3 is 5.32 Å². The molecule has 13 heavy (non-hydrogen) atoms. The number of carbonyl (C=O) groups is 1. The van der Waals surface area contributed by atoms with Gasteiger partial charge in [0.05, 0.1) is 0 Å². The van der Waals surface area contributed by atoms with Crippen molar-refractivity contribution in [2.75, 3.05) is 5.32 Å². The van der Waals surface area contributed by atoms with E-state index in [4.69, 9.17) is 6.42 Å². The van der Waals surface area contributed by atoms with E-state index in [2.05, 4.69) is 5.32 Å². The Labute approximate surface area is 73.6 Å². The molecule has 0 atom stereocenters. The van der Waals surface area contributed by atoms with Gasteiger partial charge in [0.15, 0.2) is 0 Å². The molecule has 1 aromatic rings. The van der Waals surface area contributed by atoms with Crippen LogP contribution in [-0.2, 0) is 4.79 Å². The molecule has 2 nitrogen and oxygen atoms in total. The summed E-state index contributed by atoms with van der Waals surface area (Å²) in [5, 5.41) is 2.12. The summed E-state index contributed by atoms with van der Waals surface area (Å²) in [6.07, 6.45) is 4.75. The van der Waals surface area contributed by atoms with E-state index in [-0.39, 0.29) is 5.69 Å². The van der Waals surface area contributed by atoms with Crippen molar-refractivity contribution >= 4 is 11.6 Å². The predicted molar refractivity (Wildman–Crippen MR) is 43.8 cm³/mol. The van der Waals surface area contributed by atoms with Gasteiger partial charge in [-0.3, -0.25) is 4.79 Å². The van der Waals surface area contributed by atoms with Crippen molar-refractivity contribution in [2.24, 2.45) is 0 Å². The first-order chi connectivity index (χ1) is 6.11. The summed E-state index contributed by atoms with van der Waals surface area (Å²) in [7, 11) is 0. The van der Waals surface area contributed by atoms with Gasteiger partial charge in [0.2, 0.25) is 0 Å². The van der Waals surface area contributed by atoms with Crippen LogP contribution in [0, 0.1) is 24.0 Å². The van der Waals surface area contributed by atoms with E-state index in [0.717, 1.165) is 12.1 Å². The molecule has 0 aliphatic rings. The van der Waals surface area contributed by atoms with Gasteiger partial charge in [0, 0.05) is 11.8 Å². The average Bonchev–Trinajstić information content (AvgIpc) is 2.02. The fourth-order valence-electron chi connectivity index (χ4n) is 0.793. The van der Waals surface area contributed by atoms with Gasteiger partial charge in [0.1, 0.15) is 11.6 Å². The molecule has 0 unspecified atom stereocenters. The summed E-state index contributed by atoms with van der Waals surface area (Å²) in [5.74, 6) is -0.530. The van der Waals surface area contributed by atoms with Gasteiger partial charge >= 0.3 is 0 Å². The minimum Gasteiger partial charge on any atom is -0.315 e. The lowest BCUT2D eigenvalue weighted by molar-refractivity contribution is -0.111. The van der Waals surface area contributed by atoms with Crippen LogP contribution in [-0.4, -0.2) is 5.91 Å². The lowest BCUT2D eigenvalue weighted by Gasteiger charge is -2.00. The number of nitrogens with one attached hydrogen (secondary N) is 1. The molecule has 0 radical (unpaired) electrons. The lowest BCUT2D eigenvalue weighted by atomic mass is 10.3. The van der Waals surface area contributed by atoms with Gasteiger partial charge in [-0.05, 0) is 18.1 Å². The molecule has 0 fully saturated rings. The number of hydrogen-bond acceptors (Lipinski definition) is 1. The second-order valence-electron chi connectivity index (χ2n) is 2.26. The summed E-state index contributed by atoms with van der Waals surface area (Å²) >= 11 is 0. The van der Waals surface area contributed by atoms with Crippen molar-refractivity contribution in [3.63, 3.8) is 0 Å². The van der Waals surface area contributed by atoms with Gasteiger partial charge in [-0.15, -0.1) is 6.42 Å². The highest BCUT2D eigenvalue weighted by Gasteiger charge is 2.02. The van der Waals surface area contributed by atoms with Crippen molar-refractivity contribution in [3.8, 4) is 12.3 Å². The molecule has 0 heterocycles. The molecule has 0 spiro atoms. The summed E-state index contributed by atoms with van der Waals surface area (Å²) in [6.45, 7) is 0. The molecule has 1 amide bonds. The van der Waals surface area contributed by atoms with Crippen LogP contribution in [0.4, 0.5) is 14.5 Å². The van der Waals surface area contributed by atoms with E-state index in [1.807, 2.05) is 0 Å². The number of amides is 1. The fourth-order valence-corrected chi connectivity index (χ4v) is 0.793. The Hall–Kier alpha value is -1.89. The first-order valence-electron chi connectivity index (χ1n) is 3.35. The Kier molecular flexibility index (Phi) is 2.60.